The number of para-hydroxylation sites is 1. The maximum Gasteiger partial charge on any atom is 0.185 e. The molecule has 3 nitrogen and oxygen atoms in total. The summed E-state index contributed by atoms with van der Waals surface area (Å²) in [7, 11) is 3.44. The van der Waals surface area contributed by atoms with Crippen LogP contribution >= 0.6 is 0 Å². The minimum absolute atomic E-state index is 0.0343. The summed E-state index contributed by atoms with van der Waals surface area (Å²) in [6.07, 6.45) is 3.33. The lowest BCUT2D eigenvalue weighted by molar-refractivity contribution is 0.104. The number of benzene rings is 2. The Hall–Kier alpha value is -2.55. The number of ether oxygens (including phenoxy) is 1. The molecule has 2 aromatic carbocycles. The van der Waals surface area contributed by atoms with Crippen LogP contribution in [0.5, 0.6) is 5.75 Å². The molecule has 3 heteroatoms. The van der Waals surface area contributed by atoms with Crippen LogP contribution in [0.15, 0.2) is 54.6 Å². The maximum atomic E-state index is 12.1. The van der Waals surface area contributed by atoms with E-state index in [1.165, 1.54) is 0 Å². The quantitative estimate of drug-likeness (QED) is 0.664. The molecular formula is C17H17NO2. The van der Waals surface area contributed by atoms with Crippen molar-refractivity contribution in [2.24, 2.45) is 0 Å². The molecule has 0 saturated heterocycles. The van der Waals surface area contributed by atoms with Gasteiger partial charge in [-0.1, -0.05) is 30.3 Å². The van der Waals surface area contributed by atoms with Crippen molar-refractivity contribution in [3.05, 3.63) is 65.7 Å². The highest BCUT2D eigenvalue weighted by Gasteiger charge is 2.03. The fourth-order valence-electron chi connectivity index (χ4n) is 1.89. The predicted octanol–water partition coefficient (Wildman–Crippen LogP) is 3.63. The molecule has 0 bridgehead atoms. The van der Waals surface area contributed by atoms with Crippen LogP contribution in [0.1, 0.15) is 15.9 Å². The van der Waals surface area contributed by atoms with Crippen LogP contribution in [0.4, 0.5) is 5.69 Å². The van der Waals surface area contributed by atoms with E-state index in [0.29, 0.717) is 5.56 Å². The maximum absolute atomic E-state index is 12.1. The number of carbonyl (C=O) groups is 1. The summed E-state index contributed by atoms with van der Waals surface area (Å²) in [6, 6.07) is 15.0. The van der Waals surface area contributed by atoms with E-state index in [0.717, 1.165) is 17.0 Å². The Bertz CT molecular complexity index is 632. The zero-order chi connectivity index (χ0) is 14.4. The van der Waals surface area contributed by atoms with Gasteiger partial charge in [0.25, 0.3) is 0 Å². The van der Waals surface area contributed by atoms with Crippen LogP contribution in [0.3, 0.4) is 0 Å². The van der Waals surface area contributed by atoms with Crippen molar-refractivity contribution >= 4 is 17.5 Å². The highest BCUT2D eigenvalue weighted by Crippen LogP contribution is 2.19. The monoisotopic (exact) mass is 267 g/mol. The van der Waals surface area contributed by atoms with E-state index in [1.807, 2.05) is 49.5 Å². The SMILES string of the molecule is CNc1cccc(C(=O)C=Cc2ccccc2OC)c1. The molecule has 0 aliphatic heterocycles. The lowest BCUT2D eigenvalue weighted by Gasteiger charge is -2.04. The van der Waals surface area contributed by atoms with Crippen LogP contribution in [0, 0.1) is 0 Å². The molecule has 0 aromatic heterocycles. The number of rotatable bonds is 5. The van der Waals surface area contributed by atoms with Crippen LogP contribution in [0.25, 0.3) is 6.08 Å². The van der Waals surface area contributed by atoms with Gasteiger partial charge in [-0.05, 0) is 30.4 Å². The highest BCUT2D eigenvalue weighted by molar-refractivity contribution is 6.07. The first-order valence-corrected chi connectivity index (χ1v) is 6.38. The topological polar surface area (TPSA) is 38.3 Å². The lowest BCUT2D eigenvalue weighted by atomic mass is 10.1. The Morgan fingerprint density at radius 2 is 1.95 bits per heavy atom. The molecule has 0 atom stereocenters. The predicted molar refractivity (Wildman–Crippen MR) is 82.3 cm³/mol. The van der Waals surface area contributed by atoms with Gasteiger partial charge in [0, 0.05) is 23.9 Å². The molecule has 20 heavy (non-hydrogen) atoms. The number of methoxy groups -OCH3 is 1. The van der Waals surface area contributed by atoms with Gasteiger partial charge < -0.3 is 10.1 Å². The van der Waals surface area contributed by atoms with Crippen molar-refractivity contribution in [3.8, 4) is 5.75 Å². The molecule has 1 N–H and O–H groups in total. The van der Waals surface area contributed by atoms with Crippen molar-refractivity contribution < 1.29 is 9.53 Å². The smallest absolute Gasteiger partial charge is 0.185 e. The summed E-state index contributed by atoms with van der Waals surface area (Å²) in [4.78, 5) is 12.1. The molecule has 0 fully saturated rings. The molecule has 0 unspecified atom stereocenters. The fourth-order valence-corrected chi connectivity index (χ4v) is 1.89. The Kier molecular flexibility index (Phi) is 4.56. The van der Waals surface area contributed by atoms with Gasteiger partial charge in [0.05, 0.1) is 7.11 Å². The second-order valence-electron chi connectivity index (χ2n) is 4.27. The van der Waals surface area contributed by atoms with Gasteiger partial charge in [-0.2, -0.15) is 0 Å². The van der Waals surface area contributed by atoms with Gasteiger partial charge in [0.2, 0.25) is 0 Å². The van der Waals surface area contributed by atoms with E-state index in [4.69, 9.17) is 4.74 Å². The van der Waals surface area contributed by atoms with Crippen LogP contribution < -0.4 is 10.1 Å². The van der Waals surface area contributed by atoms with Gasteiger partial charge >= 0.3 is 0 Å². The molecule has 2 aromatic rings. The van der Waals surface area contributed by atoms with Crippen molar-refractivity contribution in [2.45, 2.75) is 0 Å². The number of hydrogen-bond donors (Lipinski definition) is 1. The number of nitrogens with one attached hydrogen (secondary N) is 1. The summed E-state index contributed by atoms with van der Waals surface area (Å²) < 4.78 is 5.25. The standard InChI is InChI=1S/C17H17NO2/c1-18-15-8-5-7-14(12-15)16(19)11-10-13-6-3-4-9-17(13)20-2/h3-12,18H,1-2H3. The van der Waals surface area contributed by atoms with E-state index in [2.05, 4.69) is 5.32 Å². The minimum atomic E-state index is -0.0343. The molecule has 102 valence electrons. The Balaban J connectivity index is 2.20. The zero-order valence-electron chi connectivity index (χ0n) is 11.6. The average molecular weight is 267 g/mol. The second kappa shape index (κ2) is 6.57. The van der Waals surface area contributed by atoms with Gasteiger partial charge in [0.15, 0.2) is 5.78 Å². The molecule has 2 rings (SSSR count). The first-order valence-electron chi connectivity index (χ1n) is 6.38. The molecule has 0 saturated carbocycles. The van der Waals surface area contributed by atoms with Gasteiger partial charge in [-0.25, -0.2) is 0 Å². The van der Waals surface area contributed by atoms with E-state index in [1.54, 1.807) is 25.3 Å². The zero-order valence-corrected chi connectivity index (χ0v) is 11.6. The fraction of sp³-hybridized carbons (Fsp3) is 0.118. The van der Waals surface area contributed by atoms with Crippen molar-refractivity contribution in [1.29, 1.82) is 0 Å². The number of hydrogen-bond acceptors (Lipinski definition) is 3. The first kappa shape index (κ1) is 13.9. The number of allylic oxidation sites excluding steroid dienone is 1. The lowest BCUT2D eigenvalue weighted by Crippen LogP contribution is -1.96. The summed E-state index contributed by atoms with van der Waals surface area (Å²) in [5.41, 5.74) is 2.46. The number of ketones is 1. The van der Waals surface area contributed by atoms with E-state index < -0.39 is 0 Å². The summed E-state index contributed by atoms with van der Waals surface area (Å²) >= 11 is 0. The third kappa shape index (κ3) is 3.26. The average Bonchev–Trinajstić information content (AvgIpc) is 2.52. The van der Waals surface area contributed by atoms with Gasteiger partial charge in [-0.3, -0.25) is 4.79 Å². The van der Waals surface area contributed by atoms with Crippen molar-refractivity contribution in [1.82, 2.24) is 0 Å². The Labute approximate surface area is 118 Å². The largest absolute Gasteiger partial charge is 0.496 e. The third-order valence-corrected chi connectivity index (χ3v) is 2.99. The molecule has 0 radical (unpaired) electrons. The molecule has 0 aliphatic carbocycles. The molecule has 0 amide bonds. The second-order valence-corrected chi connectivity index (χ2v) is 4.27. The summed E-state index contributed by atoms with van der Waals surface area (Å²) in [6.45, 7) is 0. The molecule has 0 spiro atoms. The summed E-state index contributed by atoms with van der Waals surface area (Å²) in [5, 5.41) is 3.02. The van der Waals surface area contributed by atoms with E-state index in [9.17, 15) is 4.79 Å². The van der Waals surface area contributed by atoms with Crippen LogP contribution in [-0.2, 0) is 0 Å². The summed E-state index contributed by atoms with van der Waals surface area (Å²) in [5.74, 6) is 0.716. The van der Waals surface area contributed by atoms with E-state index >= 15 is 0 Å². The van der Waals surface area contributed by atoms with E-state index in [-0.39, 0.29) is 5.78 Å². The van der Waals surface area contributed by atoms with Crippen LogP contribution in [-0.4, -0.2) is 19.9 Å². The Morgan fingerprint density at radius 1 is 1.15 bits per heavy atom. The molecule has 0 aliphatic rings. The van der Waals surface area contributed by atoms with Gasteiger partial charge in [0.1, 0.15) is 5.75 Å². The highest BCUT2D eigenvalue weighted by atomic mass is 16.5. The number of anilines is 1. The van der Waals surface area contributed by atoms with Crippen LogP contribution in [0.2, 0.25) is 0 Å². The molecular weight excluding hydrogens is 250 g/mol. The first-order chi connectivity index (χ1) is 9.74. The van der Waals surface area contributed by atoms with Crippen molar-refractivity contribution in [2.75, 3.05) is 19.5 Å². The van der Waals surface area contributed by atoms with Crippen molar-refractivity contribution in [3.63, 3.8) is 0 Å². The normalized spacial score (nSPS) is 10.5. The minimum Gasteiger partial charge on any atom is -0.496 e. The Morgan fingerprint density at radius 3 is 2.70 bits per heavy atom. The third-order valence-electron chi connectivity index (χ3n) is 2.99. The molecule has 0 heterocycles. The van der Waals surface area contributed by atoms with Gasteiger partial charge in [-0.15, -0.1) is 0 Å². The number of carbonyl (C=O) groups excluding carboxylic acids is 1.